The van der Waals surface area contributed by atoms with Gasteiger partial charge in [0.2, 0.25) is 5.12 Å². The fourth-order valence-corrected chi connectivity index (χ4v) is 1.78. The summed E-state index contributed by atoms with van der Waals surface area (Å²) in [5.74, 6) is 0.676. The van der Waals surface area contributed by atoms with Crippen molar-refractivity contribution >= 4 is 28.8 Å². The molecular formula is C8H7N3OS. The number of nitrogens with zero attached hydrogens (tertiary/aromatic N) is 2. The number of fused-ring (bicyclic) bond motifs is 1. The third-order valence-electron chi connectivity index (χ3n) is 1.61. The number of rotatable bonds is 1. The molecule has 4 nitrogen and oxygen atoms in total. The molecule has 5 heteroatoms. The molecule has 1 N–H and O–H groups in total. The molecule has 66 valence electrons. The van der Waals surface area contributed by atoms with Gasteiger partial charge in [-0.1, -0.05) is 6.58 Å². The molecule has 1 aromatic rings. The van der Waals surface area contributed by atoms with E-state index in [1.807, 2.05) is 0 Å². The highest BCUT2D eigenvalue weighted by Crippen LogP contribution is 2.29. The highest BCUT2D eigenvalue weighted by Gasteiger charge is 2.17. The molecule has 13 heavy (non-hydrogen) atoms. The monoisotopic (exact) mass is 193 g/mol. The standard InChI is InChI=1S/C8H7N3OS/c1-2-5-3-6-8(11-10-5)9-4-7(12)13-6/h2-3H,1,4H2,(H,9,11). The van der Waals surface area contributed by atoms with Gasteiger partial charge >= 0.3 is 0 Å². The summed E-state index contributed by atoms with van der Waals surface area (Å²) < 4.78 is 0. The van der Waals surface area contributed by atoms with Gasteiger partial charge in [-0.2, -0.15) is 0 Å². The van der Waals surface area contributed by atoms with Gasteiger partial charge in [-0.25, -0.2) is 0 Å². The van der Waals surface area contributed by atoms with Gasteiger partial charge in [0.05, 0.1) is 17.1 Å². The molecule has 1 aromatic heterocycles. The Morgan fingerprint density at radius 2 is 2.46 bits per heavy atom. The van der Waals surface area contributed by atoms with Crippen LogP contribution in [0.1, 0.15) is 5.69 Å². The maximum atomic E-state index is 11.1. The van der Waals surface area contributed by atoms with Crippen LogP contribution in [0.4, 0.5) is 5.82 Å². The fourth-order valence-electron chi connectivity index (χ4n) is 1.00. The van der Waals surface area contributed by atoms with Gasteiger partial charge in [0.15, 0.2) is 5.82 Å². The normalized spacial score (nSPS) is 14.6. The molecule has 0 amide bonds. The van der Waals surface area contributed by atoms with Gasteiger partial charge in [-0.15, -0.1) is 10.2 Å². The number of aromatic nitrogens is 2. The quantitative estimate of drug-likeness (QED) is 0.725. The Morgan fingerprint density at radius 3 is 3.23 bits per heavy atom. The summed E-state index contributed by atoms with van der Waals surface area (Å²) in [5.41, 5.74) is 0.683. The maximum absolute atomic E-state index is 11.1. The van der Waals surface area contributed by atoms with Crippen LogP contribution >= 0.6 is 11.8 Å². The lowest BCUT2D eigenvalue weighted by Crippen LogP contribution is -2.17. The van der Waals surface area contributed by atoms with Crippen LogP contribution in [-0.2, 0) is 4.79 Å². The SMILES string of the molecule is C=Cc1cc2c(nn1)NCC(=O)S2. The molecule has 0 saturated heterocycles. The van der Waals surface area contributed by atoms with Crippen LogP contribution in [0.2, 0.25) is 0 Å². The van der Waals surface area contributed by atoms with Gasteiger partial charge < -0.3 is 5.32 Å². The van der Waals surface area contributed by atoms with Crippen molar-refractivity contribution in [1.29, 1.82) is 0 Å². The van der Waals surface area contributed by atoms with Crippen molar-refractivity contribution in [1.82, 2.24) is 10.2 Å². The van der Waals surface area contributed by atoms with Crippen LogP contribution in [0.5, 0.6) is 0 Å². The molecular weight excluding hydrogens is 186 g/mol. The second-order valence-electron chi connectivity index (χ2n) is 2.51. The highest BCUT2D eigenvalue weighted by atomic mass is 32.2. The summed E-state index contributed by atoms with van der Waals surface area (Å²) in [6, 6.07) is 1.80. The highest BCUT2D eigenvalue weighted by molar-refractivity contribution is 8.14. The topological polar surface area (TPSA) is 54.9 Å². The minimum atomic E-state index is 0.0931. The van der Waals surface area contributed by atoms with Crippen LogP contribution in [0.3, 0.4) is 0 Å². The number of nitrogens with one attached hydrogen (secondary N) is 1. The van der Waals surface area contributed by atoms with E-state index in [2.05, 4.69) is 22.1 Å². The summed E-state index contributed by atoms with van der Waals surface area (Å²) in [5, 5.41) is 10.8. The predicted molar refractivity (Wildman–Crippen MR) is 51.5 cm³/mol. The average molecular weight is 193 g/mol. The molecule has 0 aliphatic carbocycles. The molecule has 1 aliphatic rings. The van der Waals surface area contributed by atoms with Crippen LogP contribution in [0.25, 0.3) is 6.08 Å². The van der Waals surface area contributed by atoms with E-state index in [1.165, 1.54) is 11.8 Å². The third-order valence-corrected chi connectivity index (χ3v) is 2.51. The zero-order valence-corrected chi connectivity index (χ0v) is 7.60. The predicted octanol–water partition coefficient (Wildman–Crippen LogP) is 1.16. The van der Waals surface area contributed by atoms with Crippen LogP contribution in [-0.4, -0.2) is 21.9 Å². The van der Waals surface area contributed by atoms with E-state index in [0.717, 1.165) is 4.90 Å². The summed E-state index contributed by atoms with van der Waals surface area (Å²) in [7, 11) is 0. The number of hydrogen-bond acceptors (Lipinski definition) is 5. The molecule has 0 unspecified atom stereocenters. The minimum absolute atomic E-state index is 0.0931. The first-order valence-corrected chi connectivity index (χ1v) is 4.56. The van der Waals surface area contributed by atoms with Gasteiger partial charge in [-0.3, -0.25) is 4.79 Å². The van der Waals surface area contributed by atoms with E-state index in [4.69, 9.17) is 0 Å². The van der Waals surface area contributed by atoms with Crippen molar-refractivity contribution in [3.63, 3.8) is 0 Å². The first-order chi connectivity index (χ1) is 6.29. The Labute approximate surface area is 79.4 Å². The van der Waals surface area contributed by atoms with E-state index in [9.17, 15) is 4.79 Å². The molecule has 2 heterocycles. The third kappa shape index (κ3) is 1.55. The second-order valence-corrected chi connectivity index (χ2v) is 3.61. The Balaban J connectivity index is 2.43. The Bertz CT molecular complexity index is 378. The zero-order chi connectivity index (χ0) is 9.26. The van der Waals surface area contributed by atoms with Gasteiger partial charge in [0, 0.05) is 0 Å². The van der Waals surface area contributed by atoms with Crippen LogP contribution in [0.15, 0.2) is 17.5 Å². The molecule has 0 aromatic carbocycles. The van der Waals surface area contributed by atoms with Crippen LogP contribution < -0.4 is 5.32 Å². The first kappa shape index (κ1) is 8.25. The minimum Gasteiger partial charge on any atom is -0.360 e. The van der Waals surface area contributed by atoms with Crippen molar-refractivity contribution in [3.8, 4) is 0 Å². The maximum Gasteiger partial charge on any atom is 0.212 e. The number of thioether (sulfide) groups is 1. The Morgan fingerprint density at radius 1 is 1.62 bits per heavy atom. The molecule has 0 bridgehead atoms. The Hall–Kier alpha value is -1.36. The summed E-state index contributed by atoms with van der Waals surface area (Å²) >= 11 is 1.19. The smallest absolute Gasteiger partial charge is 0.212 e. The number of anilines is 1. The van der Waals surface area contributed by atoms with Crippen molar-refractivity contribution < 1.29 is 4.79 Å². The van der Waals surface area contributed by atoms with Crippen molar-refractivity contribution in [2.45, 2.75) is 4.90 Å². The lowest BCUT2D eigenvalue weighted by Gasteiger charge is -2.13. The molecule has 1 aliphatic heterocycles. The number of carbonyl (C=O) groups is 1. The summed E-state index contributed by atoms with van der Waals surface area (Å²) in [4.78, 5) is 11.9. The van der Waals surface area contributed by atoms with Crippen molar-refractivity contribution in [2.75, 3.05) is 11.9 Å². The first-order valence-electron chi connectivity index (χ1n) is 3.74. The largest absolute Gasteiger partial charge is 0.360 e. The van der Waals surface area contributed by atoms with E-state index < -0.39 is 0 Å². The molecule has 0 radical (unpaired) electrons. The lowest BCUT2D eigenvalue weighted by atomic mass is 10.4. The van der Waals surface area contributed by atoms with E-state index in [1.54, 1.807) is 12.1 Å². The summed E-state index contributed by atoms with van der Waals surface area (Å²) in [6.07, 6.45) is 1.60. The van der Waals surface area contributed by atoms with Gasteiger partial charge in [-0.05, 0) is 23.9 Å². The van der Waals surface area contributed by atoms with E-state index in [0.29, 0.717) is 18.1 Å². The average Bonchev–Trinajstić information content (AvgIpc) is 2.16. The fraction of sp³-hybridized carbons (Fsp3) is 0.125. The molecule has 0 fully saturated rings. The molecule has 2 rings (SSSR count). The van der Waals surface area contributed by atoms with Gasteiger partial charge in [0.1, 0.15) is 0 Å². The lowest BCUT2D eigenvalue weighted by molar-refractivity contribution is -0.109. The molecule has 0 spiro atoms. The Kier molecular flexibility index (Phi) is 2.02. The molecule has 0 saturated carbocycles. The second kappa shape index (κ2) is 3.18. The zero-order valence-electron chi connectivity index (χ0n) is 6.78. The van der Waals surface area contributed by atoms with Crippen molar-refractivity contribution in [3.05, 3.63) is 18.3 Å². The number of carbonyl (C=O) groups excluding carboxylic acids is 1. The van der Waals surface area contributed by atoms with E-state index >= 15 is 0 Å². The van der Waals surface area contributed by atoms with Crippen molar-refractivity contribution in [2.24, 2.45) is 0 Å². The van der Waals surface area contributed by atoms with E-state index in [-0.39, 0.29) is 5.12 Å². The van der Waals surface area contributed by atoms with Gasteiger partial charge in [0.25, 0.3) is 0 Å². The summed E-state index contributed by atoms with van der Waals surface area (Å²) in [6.45, 7) is 3.90. The molecule has 0 atom stereocenters. The van der Waals surface area contributed by atoms with Crippen LogP contribution in [0, 0.1) is 0 Å². The number of hydrogen-bond donors (Lipinski definition) is 1.